The molecule has 28 heavy (non-hydrogen) atoms. The molecular weight excluding hydrogens is 350 g/mol. The number of nitriles is 1. The summed E-state index contributed by atoms with van der Waals surface area (Å²) < 4.78 is 5.80. The number of hydrogen-bond donors (Lipinski definition) is 1. The number of benzene rings is 3. The molecule has 0 bridgehead atoms. The van der Waals surface area contributed by atoms with Crippen LogP contribution in [0.5, 0.6) is 11.5 Å². The Morgan fingerprint density at radius 1 is 0.964 bits per heavy atom. The van der Waals surface area contributed by atoms with Gasteiger partial charge in [-0.3, -0.25) is 10.2 Å². The minimum absolute atomic E-state index is 0.162. The van der Waals surface area contributed by atoms with E-state index < -0.39 is 0 Å². The zero-order chi connectivity index (χ0) is 19.3. The summed E-state index contributed by atoms with van der Waals surface area (Å²) in [6, 6.07) is 24.3. The average Bonchev–Trinajstić information content (AvgIpc) is 2.74. The molecule has 0 radical (unpaired) electrons. The third-order valence-corrected chi connectivity index (χ3v) is 4.71. The molecule has 0 saturated heterocycles. The van der Waals surface area contributed by atoms with Crippen LogP contribution >= 0.6 is 0 Å². The number of carbonyl (C=O) groups is 1. The maximum atomic E-state index is 12.7. The number of amides is 1. The van der Waals surface area contributed by atoms with E-state index in [4.69, 9.17) is 10.00 Å². The van der Waals surface area contributed by atoms with Crippen molar-refractivity contribution in [3.05, 3.63) is 95.1 Å². The van der Waals surface area contributed by atoms with Crippen LogP contribution in [-0.4, -0.2) is 17.5 Å². The van der Waals surface area contributed by atoms with Crippen molar-refractivity contribution in [1.82, 2.24) is 10.4 Å². The van der Waals surface area contributed by atoms with Crippen LogP contribution in [0.25, 0.3) is 0 Å². The molecule has 0 spiro atoms. The number of carbonyl (C=O) groups excluding carboxylic acids is 1. The van der Waals surface area contributed by atoms with Crippen molar-refractivity contribution in [3.63, 3.8) is 0 Å². The van der Waals surface area contributed by atoms with Crippen LogP contribution in [0.1, 0.15) is 27.0 Å². The molecule has 0 saturated carbocycles. The zero-order valence-electron chi connectivity index (χ0n) is 15.3. The van der Waals surface area contributed by atoms with Gasteiger partial charge in [0.15, 0.2) is 0 Å². The molecule has 4 rings (SSSR count). The highest BCUT2D eigenvalue weighted by Gasteiger charge is 2.18. The number of rotatable bonds is 4. The minimum atomic E-state index is -0.162. The molecule has 1 amide bonds. The molecule has 0 unspecified atom stereocenters. The maximum Gasteiger partial charge on any atom is 0.265 e. The lowest BCUT2D eigenvalue weighted by atomic mass is 10.0. The van der Waals surface area contributed by atoms with E-state index >= 15 is 0 Å². The number of nitrogens with one attached hydrogen (secondary N) is 1. The quantitative estimate of drug-likeness (QED) is 0.753. The predicted octanol–water partition coefficient (Wildman–Crippen LogP) is 4.05. The summed E-state index contributed by atoms with van der Waals surface area (Å²) in [6.45, 7) is 1.48. The second kappa shape index (κ2) is 7.95. The molecule has 1 heterocycles. The Balaban J connectivity index is 1.42. The van der Waals surface area contributed by atoms with Gasteiger partial charge in [-0.1, -0.05) is 30.3 Å². The summed E-state index contributed by atoms with van der Waals surface area (Å²) >= 11 is 0. The monoisotopic (exact) mass is 369 g/mol. The Morgan fingerprint density at radius 3 is 2.54 bits per heavy atom. The Morgan fingerprint density at radius 2 is 1.75 bits per heavy atom. The van der Waals surface area contributed by atoms with Gasteiger partial charge in [-0.25, -0.2) is 5.01 Å². The molecule has 138 valence electrons. The van der Waals surface area contributed by atoms with Gasteiger partial charge in [0.25, 0.3) is 5.91 Å². The van der Waals surface area contributed by atoms with Gasteiger partial charge in [-0.05, 0) is 60.0 Å². The van der Waals surface area contributed by atoms with E-state index in [0.29, 0.717) is 29.2 Å². The van der Waals surface area contributed by atoms with E-state index in [1.54, 1.807) is 48.5 Å². The van der Waals surface area contributed by atoms with Gasteiger partial charge >= 0.3 is 0 Å². The van der Waals surface area contributed by atoms with Crippen molar-refractivity contribution in [3.8, 4) is 17.6 Å². The predicted molar refractivity (Wildman–Crippen MR) is 106 cm³/mol. The first-order valence-corrected chi connectivity index (χ1v) is 9.12. The van der Waals surface area contributed by atoms with Crippen LogP contribution in [-0.2, 0) is 13.0 Å². The van der Waals surface area contributed by atoms with E-state index in [9.17, 15) is 4.79 Å². The number of hydrazine groups is 1. The van der Waals surface area contributed by atoms with Gasteiger partial charge in [0.1, 0.15) is 11.5 Å². The highest BCUT2D eigenvalue weighted by Crippen LogP contribution is 2.23. The Labute approximate surface area is 163 Å². The van der Waals surface area contributed by atoms with Crippen LogP contribution in [0.4, 0.5) is 0 Å². The fraction of sp³-hybridized carbons (Fsp3) is 0.130. The van der Waals surface area contributed by atoms with Crippen molar-refractivity contribution < 1.29 is 9.53 Å². The van der Waals surface area contributed by atoms with E-state index in [-0.39, 0.29) is 5.91 Å². The molecule has 5 heteroatoms. The summed E-state index contributed by atoms with van der Waals surface area (Å²) in [5, 5.41) is 10.8. The Bertz CT molecular complexity index is 1040. The Hall–Kier alpha value is -3.62. The highest BCUT2D eigenvalue weighted by atomic mass is 16.5. The number of nitrogens with zero attached hydrogens (tertiary/aromatic N) is 2. The topological polar surface area (TPSA) is 65.4 Å². The first kappa shape index (κ1) is 17.8. The first-order chi connectivity index (χ1) is 13.7. The zero-order valence-corrected chi connectivity index (χ0v) is 15.3. The molecule has 1 N–H and O–H groups in total. The first-order valence-electron chi connectivity index (χ1n) is 9.12. The fourth-order valence-corrected chi connectivity index (χ4v) is 3.23. The molecule has 5 nitrogen and oxygen atoms in total. The molecule has 0 aliphatic carbocycles. The summed E-state index contributed by atoms with van der Waals surface area (Å²) in [5.74, 6) is 1.02. The standard InChI is InChI=1S/C23H19N3O2/c24-15-17-8-10-21(11-9-17)28-22-7-3-6-19(14-22)23(27)25-26-13-12-18-4-1-2-5-20(18)16-26/h1-11,14H,12-13,16H2,(H,25,27). The van der Waals surface area contributed by atoms with Gasteiger partial charge in [0.2, 0.25) is 0 Å². The molecule has 0 aromatic heterocycles. The second-order valence-corrected chi connectivity index (χ2v) is 6.65. The number of hydrogen-bond acceptors (Lipinski definition) is 4. The van der Waals surface area contributed by atoms with Crippen molar-refractivity contribution in [2.75, 3.05) is 6.54 Å². The molecule has 0 atom stereocenters. The average molecular weight is 369 g/mol. The maximum absolute atomic E-state index is 12.7. The normalized spacial score (nSPS) is 13.2. The van der Waals surface area contributed by atoms with Crippen molar-refractivity contribution in [2.24, 2.45) is 0 Å². The lowest BCUT2D eigenvalue weighted by Crippen LogP contribution is -2.44. The van der Waals surface area contributed by atoms with Gasteiger partial charge < -0.3 is 4.74 Å². The van der Waals surface area contributed by atoms with Crippen molar-refractivity contribution in [2.45, 2.75) is 13.0 Å². The van der Waals surface area contributed by atoms with Crippen LogP contribution in [0, 0.1) is 11.3 Å². The molecule has 1 aliphatic rings. The van der Waals surface area contributed by atoms with Gasteiger partial charge in [-0.15, -0.1) is 0 Å². The molecule has 1 aliphatic heterocycles. The van der Waals surface area contributed by atoms with Crippen LogP contribution in [0.2, 0.25) is 0 Å². The number of ether oxygens (including phenoxy) is 1. The minimum Gasteiger partial charge on any atom is -0.457 e. The van der Waals surface area contributed by atoms with Crippen molar-refractivity contribution >= 4 is 5.91 Å². The smallest absolute Gasteiger partial charge is 0.265 e. The summed E-state index contributed by atoms with van der Waals surface area (Å²) in [7, 11) is 0. The molecule has 3 aromatic carbocycles. The second-order valence-electron chi connectivity index (χ2n) is 6.65. The van der Waals surface area contributed by atoms with Gasteiger partial charge in [0.05, 0.1) is 11.6 Å². The third-order valence-electron chi connectivity index (χ3n) is 4.71. The summed E-state index contributed by atoms with van der Waals surface area (Å²) in [6.07, 6.45) is 0.915. The van der Waals surface area contributed by atoms with Gasteiger partial charge in [-0.2, -0.15) is 5.26 Å². The van der Waals surface area contributed by atoms with Gasteiger partial charge in [0, 0.05) is 18.7 Å². The van der Waals surface area contributed by atoms with E-state index in [1.807, 2.05) is 17.1 Å². The largest absolute Gasteiger partial charge is 0.457 e. The lowest BCUT2D eigenvalue weighted by molar-refractivity contribution is 0.0763. The molecule has 0 fully saturated rings. The van der Waals surface area contributed by atoms with E-state index in [2.05, 4.69) is 23.6 Å². The van der Waals surface area contributed by atoms with Crippen LogP contribution < -0.4 is 10.2 Å². The SMILES string of the molecule is N#Cc1ccc(Oc2cccc(C(=O)NN3CCc4ccccc4C3)c2)cc1. The van der Waals surface area contributed by atoms with Crippen LogP contribution in [0.3, 0.4) is 0 Å². The highest BCUT2D eigenvalue weighted by molar-refractivity contribution is 5.94. The number of fused-ring (bicyclic) bond motifs is 1. The van der Waals surface area contributed by atoms with E-state index in [1.165, 1.54) is 11.1 Å². The van der Waals surface area contributed by atoms with E-state index in [0.717, 1.165) is 13.0 Å². The van der Waals surface area contributed by atoms with Crippen molar-refractivity contribution in [1.29, 1.82) is 5.26 Å². The summed E-state index contributed by atoms with van der Waals surface area (Å²) in [4.78, 5) is 12.7. The van der Waals surface area contributed by atoms with Crippen LogP contribution in [0.15, 0.2) is 72.8 Å². The molecule has 3 aromatic rings. The Kier molecular flexibility index (Phi) is 5.05. The molecular formula is C23H19N3O2. The lowest BCUT2D eigenvalue weighted by Gasteiger charge is -2.29. The fourth-order valence-electron chi connectivity index (χ4n) is 3.23. The summed E-state index contributed by atoms with van der Waals surface area (Å²) in [5.41, 5.74) is 6.67. The third kappa shape index (κ3) is 4.03.